The number of primary amides is 1. The molecule has 2 aromatic carbocycles. The number of nitrogens with zero attached hydrogens (tertiary/aromatic N) is 1. The molecule has 158 valence electrons. The molecule has 30 heavy (non-hydrogen) atoms. The van der Waals surface area contributed by atoms with Crippen LogP contribution in [0.3, 0.4) is 0 Å². The molecule has 1 unspecified atom stereocenters. The van der Waals surface area contributed by atoms with E-state index in [1.54, 1.807) is 25.1 Å². The quantitative estimate of drug-likeness (QED) is 0.718. The summed E-state index contributed by atoms with van der Waals surface area (Å²) in [6.45, 7) is 1.77. The number of hydrogen-bond acceptors (Lipinski definition) is 6. The van der Waals surface area contributed by atoms with Crippen LogP contribution in [0.2, 0.25) is 0 Å². The Morgan fingerprint density at radius 1 is 1.13 bits per heavy atom. The number of thioether (sulfide) groups is 1. The molecule has 8 nitrogen and oxygen atoms in total. The van der Waals surface area contributed by atoms with E-state index in [9.17, 15) is 22.8 Å². The van der Waals surface area contributed by atoms with Gasteiger partial charge in [-0.25, -0.2) is 8.42 Å². The number of anilines is 1. The van der Waals surface area contributed by atoms with Gasteiger partial charge >= 0.3 is 0 Å². The van der Waals surface area contributed by atoms with E-state index in [1.165, 1.54) is 40.9 Å². The average Bonchev–Trinajstić information content (AvgIpc) is 3.16. The standard InChI is InChI=1S/C20H21N3O5S2/c1-12-3-8-17(30(2,27)28)15(9-12)20(26)23-11-29-10-16(23)19(25)22-14-6-4-13(5-7-14)18(21)24/h3-9,16H,10-11H2,1-2H3,(H2,21,24)(H,22,25). The lowest BCUT2D eigenvalue weighted by Crippen LogP contribution is -2.44. The third-order valence-corrected chi connectivity index (χ3v) is 6.81. The Balaban J connectivity index is 1.83. The lowest BCUT2D eigenvalue weighted by Gasteiger charge is -2.24. The van der Waals surface area contributed by atoms with Gasteiger partial charge in [0.1, 0.15) is 6.04 Å². The highest BCUT2D eigenvalue weighted by Gasteiger charge is 2.36. The number of benzene rings is 2. The fourth-order valence-corrected chi connectivity index (χ4v) is 5.11. The van der Waals surface area contributed by atoms with Crippen molar-refractivity contribution >= 4 is 45.0 Å². The first kappa shape index (κ1) is 21.8. The summed E-state index contributed by atoms with van der Waals surface area (Å²) in [6.07, 6.45) is 1.05. The first-order chi connectivity index (χ1) is 14.1. The first-order valence-corrected chi connectivity index (χ1v) is 12.0. The summed E-state index contributed by atoms with van der Waals surface area (Å²) < 4.78 is 24.3. The summed E-state index contributed by atoms with van der Waals surface area (Å²) in [6, 6.07) is 9.90. The summed E-state index contributed by atoms with van der Waals surface area (Å²) in [5, 5.41) is 2.73. The number of carbonyl (C=O) groups excluding carboxylic acids is 3. The van der Waals surface area contributed by atoms with Crippen molar-refractivity contribution in [1.82, 2.24) is 4.90 Å². The normalized spacial score (nSPS) is 16.3. The van der Waals surface area contributed by atoms with E-state index < -0.39 is 33.6 Å². The van der Waals surface area contributed by atoms with Crippen LogP contribution < -0.4 is 11.1 Å². The number of nitrogens with one attached hydrogen (secondary N) is 1. The number of amides is 3. The van der Waals surface area contributed by atoms with Crippen molar-refractivity contribution in [2.24, 2.45) is 5.73 Å². The Bertz CT molecular complexity index is 1110. The lowest BCUT2D eigenvalue weighted by molar-refractivity contribution is -0.119. The molecule has 1 heterocycles. The van der Waals surface area contributed by atoms with Gasteiger partial charge < -0.3 is 16.0 Å². The maximum absolute atomic E-state index is 13.2. The van der Waals surface area contributed by atoms with Crippen molar-refractivity contribution in [3.8, 4) is 0 Å². The fourth-order valence-electron chi connectivity index (χ4n) is 3.09. The number of rotatable bonds is 5. The van der Waals surface area contributed by atoms with Crippen molar-refractivity contribution in [2.75, 3.05) is 23.2 Å². The zero-order valence-electron chi connectivity index (χ0n) is 16.4. The molecule has 10 heteroatoms. The van der Waals surface area contributed by atoms with Crippen LogP contribution in [-0.4, -0.2) is 55.0 Å². The number of nitrogens with two attached hydrogens (primary N) is 1. The molecule has 1 aliphatic rings. The predicted octanol–water partition coefficient (Wildman–Crippen LogP) is 1.65. The molecular formula is C20H21N3O5S2. The summed E-state index contributed by atoms with van der Waals surface area (Å²) in [4.78, 5) is 38.5. The molecule has 3 rings (SSSR count). The van der Waals surface area contributed by atoms with Crippen LogP contribution in [0.25, 0.3) is 0 Å². The Labute approximate surface area is 178 Å². The molecule has 1 atom stereocenters. The summed E-state index contributed by atoms with van der Waals surface area (Å²) in [7, 11) is -3.61. The smallest absolute Gasteiger partial charge is 0.256 e. The van der Waals surface area contributed by atoms with E-state index in [2.05, 4.69) is 5.32 Å². The maximum Gasteiger partial charge on any atom is 0.256 e. The Morgan fingerprint density at radius 2 is 1.80 bits per heavy atom. The Hall–Kier alpha value is -2.85. The van der Waals surface area contributed by atoms with E-state index in [4.69, 9.17) is 5.73 Å². The molecule has 1 aliphatic heterocycles. The topological polar surface area (TPSA) is 127 Å². The van der Waals surface area contributed by atoms with Crippen LogP contribution in [-0.2, 0) is 14.6 Å². The van der Waals surface area contributed by atoms with Crippen molar-refractivity contribution in [3.63, 3.8) is 0 Å². The lowest BCUT2D eigenvalue weighted by atomic mass is 10.1. The summed E-state index contributed by atoms with van der Waals surface area (Å²) in [5.41, 5.74) is 6.79. The van der Waals surface area contributed by atoms with Crippen LogP contribution in [0.15, 0.2) is 47.4 Å². The van der Waals surface area contributed by atoms with E-state index in [0.29, 0.717) is 17.0 Å². The molecule has 0 bridgehead atoms. The van der Waals surface area contributed by atoms with Gasteiger partial charge in [0.2, 0.25) is 11.8 Å². The highest BCUT2D eigenvalue weighted by atomic mass is 32.2. The molecule has 1 saturated heterocycles. The maximum atomic E-state index is 13.2. The molecule has 0 aromatic heterocycles. The van der Waals surface area contributed by atoms with Gasteiger partial charge in [-0.05, 0) is 43.3 Å². The van der Waals surface area contributed by atoms with Crippen molar-refractivity contribution < 1.29 is 22.8 Å². The summed E-state index contributed by atoms with van der Waals surface area (Å²) in [5.74, 6) is -0.815. The largest absolute Gasteiger partial charge is 0.366 e. The zero-order valence-corrected chi connectivity index (χ0v) is 18.0. The minimum Gasteiger partial charge on any atom is -0.366 e. The van der Waals surface area contributed by atoms with Crippen LogP contribution >= 0.6 is 11.8 Å². The van der Waals surface area contributed by atoms with Gasteiger partial charge in [-0.3, -0.25) is 14.4 Å². The van der Waals surface area contributed by atoms with Crippen molar-refractivity contribution in [2.45, 2.75) is 17.9 Å². The molecule has 3 N–H and O–H groups in total. The minimum atomic E-state index is -3.61. The van der Waals surface area contributed by atoms with Crippen molar-refractivity contribution in [1.29, 1.82) is 0 Å². The van der Waals surface area contributed by atoms with Crippen LogP contribution in [0.5, 0.6) is 0 Å². The molecule has 3 amide bonds. The van der Waals surface area contributed by atoms with Gasteiger partial charge in [-0.2, -0.15) is 0 Å². The third-order valence-electron chi connectivity index (χ3n) is 4.65. The highest BCUT2D eigenvalue weighted by Crippen LogP contribution is 2.27. The molecule has 2 aromatic rings. The molecule has 0 aliphatic carbocycles. The Kier molecular flexibility index (Phi) is 6.18. The molecule has 0 spiro atoms. The monoisotopic (exact) mass is 447 g/mol. The number of aryl methyl sites for hydroxylation is 1. The van der Waals surface area contributed by atoms with Gasteiger partial charge in [0.15, 0.2) is 9.84 Å². The van der Waals surface area contributed by atoms with Gasteiger partial charge in [0.05, 0.1) is 16.3 Å². The minimum absolute atomic E-state index is 0.0589. The van der Waals surface area contributed by atoms with E-state index >= 15 is 0 Å². The zero-order chi connectivity index (χ0) is 22.1. The fraction of sp³-hybridized carbons (Fsp3) is 0.250. The number of carbonyl (C=O) groups is 3. The van der Waals surface area contributed by atoms with E-state index in [1.807, 2.05) is 0 Å². The number of hydrogen-bond donors (Lipinski definition) is 2. The van der Waals surface area contributed by atoms with Crippen LogP contribution in [0.1, 0.15) is 26.3 Å². The van der Waals surface area contributed by atoms with Gasteiger partial charge in [0, 0.05) is 23.3 Å². The molecule has 1 fully saturated rings. The second-order valence-electron chi connectivity index (χ2n) is 6.99. The number of sulfone groups is 1. The summed E-state index contributed by atoms with van der Waals surface area (Å²) >= 11 is 1.41. The van der Waals surface area contributed by atoms with Gasteiger partial charge in [-0.15, -0.1) is 11.8 Å². The highest BCUT2D eigenvalue weighted by molar-refractivity contribution is 7.99. The van der Waals surface area contributed by atoms with Crippen LogP contribution in [0, 0.1) is 6.92 Å². The molecule has 0 radical (unpaired) electrons. The Morgan fingerprint density at radius 3 is 2.40 bits per heavy atom. The second kappa shape index (κ2) is 8.49. The predicted molar refractivity (Wildman–Crippen MR) is 115 cm³/mol. The second-order valence-corrected chi connectivity index (χ2v) is 9.98. The van der Waals surface area contributed by atoms with Gasteiger partial charge in [-0.1, -0.05) is 11.6 Å². The third kappa shape index (κ3) is 4.65. The van der Waals surface area contributed by atoms with Crippen molar-refractivity contribution in [3.05, 3.63) is 59.2 Å². The SMILES string of the molecule is Cc1ccc(S(C)(=O)=O)c(C(=O)N2CSCC2C(=O)Nc2ccc(C(N)=O)cc2)c1. The van der Waals surface area contributed by atoms with E-state index in [-0.39, 0.29) is 16.3 Å². The molecular weight excluding hydrogens is 426 g/mol. The van der Waals surface area contributed by atoms with Crippen LogP contribution in [0.4, 0.5) is 5.69 Å². The molecule has 0 saturated carbocycles. The average molecular weight is 448 g/mol. The van der Waals surface area contributed by atoms with Gasteiger partial charge in [0.25, 0.3) is 5.91 Å². The van der Waals surface area contributed by atoms with E-state index in [0.717, 1.165) is 11.8 Å². The first-order valence-electron chi connectivity index (χ1n) is 8.98.